The molecule has 0 unspecified atom stereocenters. The molecule has 0 saturated heterocycles. The van der Waals surface area contributed by atoms with Gasteiger partial charge in [0.05, 0.1) is 5.75 Å². The van der Waals surface area contributed by atoms with E-state index in [1.54, 1.807) is 4.57 Å². The number of thioether (sulfide) groups is 1. The Bertz CT molecular complexity index is 801. The molecule has 0 spiro atoms. The highest BCUT2D eigenvalue weighted by molar-refractivity contribution is 7.99. The Hall–Kier alpha value is -2.03. The van der Waals surface area contributed by atoms with Gasteiger partial charge in [-0.25, -0.2) is 9.78 Å². The Kier molecular flexibility index (Phi) is 3.71. The van der Waals surface area contributed by atoms with Crippen LogP contribution in [0.25, 0.3) is 11.2 Å². The minimum Gasteiger partial charge on any atom is -0.481 e. The summed E-state index contributed by atoms with van der Waals surface area (Å²) in [5, 5.41) is 9.15. The number of fused-ring (bicyclic) bond motifs is 1. The number of aromatic nitrogens is 4. The summed E-state index contributed by atoms with van der Waals surface area (Å²) in [7, 11) is 2.93. The fraction of sp³-hybridized carbons (Fsp3) is 0.455. The third-order valence-corrected chi connectivity index (χ3v) is 3.92. The largest absolute Gasteiger partial charge is 0.481 e. The average Bonchev–Trinajstić information content (AvgIpc) is 2.79. The maximum Gasteiger partial charge on any atom is 0.332 e. The van der Waals surface area contributed by atoms with Crippen LogP contribution in [0, 0.1) is 0 Å². The number of hydrogen-bond acceptors (Lipinski definition) is 5. The summed E-state index contributed by atoms with van der Waals surface area (Å²) < 4.78 is 3.93. The number of carboxylic acids is 1. The molecule has 2 rings (SSSR count). The lowest BCUT2D eigenvalue weighted by Crippen LogP contribution is -2.37. The number of aryl methyl sites for hydroxylation is 2. The Morgan fingerprint density at radius 1 is 1.30 bits per heavy atom. The predicted molar refractivity (Wildman–Crippen MR) is 74.2 cm³/mol. The lowest BCUT2D eigenvalue weighted by Gasteiger charge is -2.05. The van der Waals surface area contributed by atoms with Crippen molar-refractivity contribution in [3.8, 4) is 0 Å². The highest BCUT2D eigenvalue weighted by Crippen LogP contribution is 2.21. The molecule has 2 heterocycles. The Morgan fingerprint density at radius 2 is 1.95 bits per heavy atom. The summed E-state index contributed by atoms with van der Waals surface area (Å²) in [5.41, 5.74) is -0.310. The van der Waals surface area contributed by atoms with Gasteiger partial charge in [-0.05, 0) is 6.92 Å². The van der Waals surface area contributed by atoms with Gasteiger partial charge >= 0.3 is 11.7 Å². The van der Waals surface area contributed by atoms with E-state index < -0.39 is 17.2 Å². The van der Waals surface area contributed by atoms with Crippen molar-refractivity contribution >= 4 is 28.9 Å². The summed E-state index contributed by atoms with van der Waals surface area (Å²) in [4.78, 5) is 38.9. The molecule has 2 aromatic rings. The second kappa shape index (κ2) is 5.16. The first-order chi connectivity index (χ1) is 9.38. The number of aliphatic carboxylic acids is 1. The second-order valence-electron chi connectivity index (χ2n) is 4.20. The topological polar surface area (TPSA) is 99.1 Å². The number of carbonyl (C=O) groups is 1. The van der Waals surface area contributed by atoms with E-state index in [0.717, 1.165) is 16.3 Å². The molecule has 0 radical (unpaired) electrons. The quantitative estimate of drug-likeness (QED) is 0.773. The van der Waals surface area contributed by atoms with Crippen LogP contribution < -0.4 is 11.2 Å². The monoisotopic (exact) mass is 298 g/mol. The molecule has 0 aliphatic rings. The number of carboxylic acid groups (broad SMARTS) is 1. The molecule has 9 heteroatoms. The molecule has 20 heavy (non-hydrogen) atoms. The van der Waals surface area contributed by atoms with Gasteiger partial charge in [-0.1, -0.05) is 11.8 Å². The van der Waals surface area contributed by atoms with Gasteiger partial charge in [0.15, 0.2) is 16.3 Å². The molecule has 2 aromatic heterocycles. The third-order valence-electron chi connectivity index (χ3n) is 2.95. The number of nitrogens with zero attached hydrogens (tertiary/aromatic N) is 4. The number of rotatable bonds is 4. The smallest absolute Gasteiger partial charge is 0.332 e. The summed E-state index contributed by atoms with van der Waals surface area (Å²) in [6, 6.07) is 0. The van der Waals surface area contributed by atoms with Gasteiger partial charge in [-0.2, -0.15) is 0 Å². The van der Waals surface area contributed by atoms with Gasteiger partial charge in [0.1, 0.15) is 0 Å². The van der Waals surface area contributed by atoms with Gasteiger partial charge in [0.25, 0.3) is 5.56 Å². The Morgan fingerprint density at radius 3 is 2.50 bits per heavy atom. The van der Waals surface area contributed by atoms with Crippen LogP contribution in [0.1, 0.15) is 6.92 Å². The molecule has 0 saturated carbocycles. The van der Waals surface area contributed by atoms with E-state index in [1.807, 2.05) is 6.92 Å². The van der Waals surface area contributed by atoms with E-state index in [4.69, 9.17) is 5.11 Å². The fourth-order valence-corrected chi connectivity index (χ4v) is 2.74. The molecule has 0 aliphatic heterocycles. The van der Waals surface area contributed by atoms with E-state index >= 15 is 0 Å². The van der Waals surface area contributed by atoms with Crippen molar-refractivity contribution in [2.24, 2.45) is 14.1 Å². The van der Waals surface area contributed by atoms with Gasteiger partial charge in [-0.3, -0.25) is 18.7 Å². The van der Waals surface area contributed by atoms with Crippen molar-refractivity contribution < 1.29 is 9.90 Å². The molecular formula is C11H14N4O4S. The van der Waals surface area contributed by atoms with Crippen molar-refractivity contribution in [2.45, 2.75) is 18.6 Å². The normalized spacial score (nSPS) is 11.2. The lowest BCUT2D eigenvalue weighted by atomic mass is 10.5. The fourth-order valence-electron chi connectivity index (χ4n) is 1.96. The lowest BCUT2D eigenvalue weighted by molar-refractivity contribution is -0.133. The van der Waals surface area contributed by atoms with Crippen LogP contribution in [0.3, 0.4) is 0 Å². The van der Waals surface area contributed by atoms with Crippen molar-refractivity contribution in [1.29, 1.82) is 0 Å². The van der Waals surface area contributed by atoms with Crippen molar-refractivity contribution in [2.75, 3.05) is 5.75 Å². The van der Waals surface area contributed by atoms with Crippen molar-refractivity contribution in [3.05, 3.63) is 20.8 Å². The molecule has 0 amide bonds. The van der Waals surface area contributed by atoms with Crippen molar-refractivity contribution in [3.63, 3.8) is 0 Å². The maximum absolute atomic E-state index is 12.2. The molecule has 8 nitrogen and oxygen atoms in total. The molecule has 0 atom stereocenters. The summed E-state index contributed by atoms with van der Waals surface area (Å²) in [6.07, 6.45) is 0. The number of hydrogen-bond donors (Lipinski definition) is 1. The second-order valence-corrected chi connectivity index (χ2v) is 5.14. The predicted octanol–water partition coefficient (Wildman–Crippen LogP) is -0.370. The molecule has 0 aliphatic carbocycles. The molecule has 108 valence electrons. The van der Waals surface area contributed by atoms with E-state index in [0.29, 0.717) is 17.2 Å². The molecule has 1 N–H and O–H groups in total. The first-order valence-electron chi connectivity index (χ1n) is 5.89. The molecule has 0 fully saturated rings. The van der Waals surface area contributed by atoms with E-state index in [2.05, 4.69) is 4.98 Å². The van der Waals surface area contributed by atoms with Crippen LogP contribution in [0.5, 0.6) is 0 Å². The van der Waals surface area contributed by atoms with Gasteiger partial charge in [0.2, 0.25) is 0 Å². The van der Waals surface area contributed by atoms with Gasteiger partial charge in [0, 0.05) is 20.6 Å². The first-order valence-corrected chi connectivity index (χ1v) is 6.87. The maximum atomic E-state index is 12.2. The Labute approximate surface area is 117 Å². The van der Waals surface area contributed by atoms with Crippen LogP contribution in [-0.4, -0.2) is 35.5 Å². The van der Waals surface area contributed by atoms with Crippen molar-refractivity contribution in [1.82, 2.24) is 18.7 Å². The van der Waals surface area contributed by atoms with Crippen LogP contribution in [0.4, 0.5) is 0 Å². The van der Waals surface area contributed by atoms with Gasteiger partial charge in [-0.15, -0.1) is 0 Å². The minimum absolute atomic E-state index is 0.155. The van der Waals surface area contributed by atoms with Crippen LogP contribution >= 0.6 is 11.8 Å². The molecular weight excluding hydrogens is 284 g/mol. The minimum atomic E-state index is -0.966. The number of imidazole rings is 1. The zero-order chi connectivity index (χ0) is 15.0. The third kappa shape index (κ3) is 2.13. The standard InChI is InChI=1S/C11H14N4O4S/c1-4-15-7-8(12-10(15)20-5-6(16)17)13(2)11(19)14(3)9(7)18/h4-5H2,1-3H3,(H,16,17). The SMILES string of the molecule is CCn1c(SCC(=O)O)nc2c1c(=O)n(C)c(=O)n2C. The van der Waals surface area contributed by atoms with E-state index in [-0.39, 0.29) is 11.4 Å². The van der Waals surface area contributed by atoms with Crippen LogP contribution in [0.2, 0.25) is 0 Å². The zero-order valence-electron chi connectivity index (χ0n) is 11.3. The average molecular weight is 298 g/mol. The zero-order valence-corrected chi connectivity index (χ0v) is 12.1. The highest BCUT2D eigenvalue weighted by Gasteiger charge is 2.18. The summed E-state index contributed by atoms with van der Waals surface area (Å²) >= 11 is 1.02. The molecule has 0 aromatic carbocycles. The van der Waals surface area contributed by atoms with Gasteiger partial charge < -0.3 is 9.67 Å². The van der Waals surface area contributed by atoms with E-state index in [9.17, 15) is 14.4 Å². The van der Waals surface area contributed by atoms with Crippen LogP contribution in [-0.2, 0) is 25.4 Å². The Balaban J connectivity index is 2.78. The highest BCUT2D eigenvalue weighted by atomic mass is 32.2. The first kappa shape index (κ1) is 14.4. The summed E-state index contributed by atoms with van der Waals surface area (Å²) in [6.45, 7) is 2.29. The molecule has 0 bridgehead atoms. The summed E-state index contributed by atoms with van der Waals surface area (Å²) in [5.74, 6) is -1.12. The van der Waals surface area contributed by atoms with Crippen LogP contribution in [0.15, 0.2) is 14.7 Å². The van der Waals surface area contributed by atoms with E-state index in [1.165, 1.54) is 18.7 Å².